The van der Waals surface area contributed by atoms with Crippen LogP contribution in [-0.2, 0) is 9.59 Å². The first-order valence-electron chi connectivity index (χ1n) is 7.50. The standard InChI is InChI=1S/C16H15ClN2O3S3/c17-10-3-1-2-9(4-10)5-13-15(22)19(16(23)25-13)6-14(21)18-11-7-24-8-12(11)20/h1-5,11-12,20H,6-8H2,(H,18,21)/b13-5+/t11-,12+/m0/s1. The molecule has 0 aliphatic carbocycles. The molecule has 0 radical (unpaired) electrons. The van der Waals surface area contributed by atoms with Crippen molar-refractivity contribution >= 4 is 69.6 Å². The minimum Gasteiger partial charge on any atom is -0.390 e. The molecule has 2 fully saturated rings. The first-order valence-corrected chi connectivity index (χ1v) is 10.3. The predicted octanol–water partition coefficient (Wildman–Crippen LogP) is 2.13. The lowest BCUT2D eigenvalue weighted by Gasteiger charge is -2.18. The molecule has 2 aliphatic rings. The van der Waals surface area contributed by atoms with E-state index >= 15 is 0 Å². The number of rotatable bonds is 4. The van der Waals surface area contributed by atoms with E-state index in [-0.39, 0.29) is 24.4 Å². The fraction of sp³-hybridized carbons (Fsp3) is 0.312. The zero-order chi connectivity index (χ0) is 18.0. The van der Waals surface area contributed by atoms with Crippen molar-refractivity contribution in [1.82, 2.24) is 10.2 Å². The fourth-order valence-corrected chi connectivity index (χ4v) is 5.08. The van der Waals surface area contributed by atoms with Gasteiger partial charge in [-0.3, -0.25) is 14.5 Å². The first-order chi connectivity index (χ1) is 11.9. The summed E-state index contributed by atoms with van der Waals surface area (Å²) in [5, 5.41) is 13.1. The molecule has 3 rings (SSSR count). The number of carbonyl (C=O) groups excluding carboxylic acids is 2. The molecule has 25 heavy (non-hydrogen) atoms. The van der Waals surface area contributed by atoms with Gasteiger partial charge in [-0.1, -0.05) is 47.7 Å². The molecule has 2 atom stereocenters. The number of amides is 2. The van der Waals surface area contributed by atoms with E-state index in [1.807, 2.05) is 6.07 Å². The third-order valence-electron chi connectivity index (χ3n) is 3.72. The predicted molar refractivity (Wildman–Crippen MR) is 107 cm³/mol. The second kappa shape index (κ2) is 8.09. The lowest BCUT2D eigenvalue weighted by molar-refractivity contribution is -0.129. The largest absolute Gasteiger partial charge is 0.390 e. The highest BCUT2D eigenvalue weighted by atomic mass is 35.5. The number of nitrogens with one attached hydrogen (secondary N) is 1. The summed E-state index contributed by atoms with van der Waals surface area (Å²) in [7, 11) is 0. The zero-order valence-electron chi connectivity index (χ0n) is 13.0. The van der Waals surface area contributed by atoms with E-state index in [4.69, 9.17) is 23.8 Å². The number of halogens is 1. The second-order valence-electron chi connectivity index (χ2n) is 5.60. The van der Waals surface area contributed by atoms with Crippen LogP contribution in [-0.4, -0.2) is 56.3 Å². The Morgan fingerprint density at radius 2 is 2.28 bits per heavy atom. The minimum atomic E-state index is -0.553. The van der Waals surface area contributed by atoms with Crippen LogP contribution in [0.1, 0.15) is 5.56 Å². The topological polar surface area (TPSA) is 69.6 Å². The van der Waals surface area contributed by atoms with Gasteiger partial charge in [0.1, 0.15) is 10.9 Å². The maximum absolute atomic E-state index is 12.5. The highest BCUT2D eigenvalue weighted by molar-refractivity contribution is 8.26. The number of carbonyl (C=O) groups is 2. The molecule has 5 nitrogen and oxygen atoms in total. The van der Waals surface area contributed by atoms with Crippen molar-refractivity contribution in [1.29, 1.82) is 0 Å². The molecule has 9 heteroatoms. The lowest BCUT2D eigenvalue weighted by Crippen LogP contribution is -2.47. The summed E-state index contributed by atoms with van der Waals surface area (Å²) in [4.78, 5) is 26.4. The van der Waals surface area contributed by atoms with Crippen molar-refractivity contribution in [2.24, 2.45) is 0 Å². The van der Waals surface area contributed by atoms with Crippen molar-refractivity contribution in [3.8, 4) is 0 Å². The van der Waals surface area contributed by atoms with Gasteiger partial charge in [0.05, 0.1) is 17.1 Å². The number of aliphatic hydroxyl groups is 1. The molecule has 2 N–H and O–H groups in total. The van der Waals surface area contributed by atoms with Crippen molar-refractivity contribution in [3.63, 3.8) is 0 Å². The maximum atomic E-state index is 12.5. The smallest absolute Gasteiger partial charge is 0.266 e. The Bertz CT molecular complexity index is 756. The Kier molecular flexibility index (Phi) is 6.06. The molecule has 0 aromatic heterocycles. The van der Waals surface area contributed by atoms with Crippen LogP contribution in [0.4, 0.5) is 0 Å². The van der Waals surface area contributed by atoms with Crippen molar-refractivity contribution < 1.29 is 14.7 Å². The van der Waals surface area contributed by atoms with Crippen LogP contribution >= 0.6 is 47.3 Å². The summed E-state index contributed by atoms with van der Waals surface area (Å²) in [6.07, 6.45) is 1.16. The Hall–Kier alpha value is -1.06. The van der Waals surface area contributed by atoms with Crippen LogP contribution in [0.5, 0.6) is 0 Å². The highest BCUT2D eigenvalue weighted by Crippen LogP contribution is 2.32. The number of benzene rings is 1. The van der Waals surface area contributed by atoms with Gasteiger partial charge in [-0.2, -0.15) is 11.8 Å². The summed E-state index contributed by atoms with van der Waals surface area (Å²) in [6.45, 7) is -0.147. The molecule has 0 unspecified atom stereocenters. The molecule has 0 saturated carbocycles. The molecule has 132 valence electrons. The molecule has 0 bridgehead atoms. The van der Waals surface area contributed by atoms with Gasteiger partial charge in [-0.25, -0.2) is 0 Å². The molecule has 0 spiro atoms. The van der Waals surface area contributed by atoms with Gasteiger partial charge in [0.25, 0.3) is 5.91 Å². The number of hydrogen-bond acceptors (Lipinski definition) is 6. The van der Waals surface area contributed by atoms with Gasteiger partial charge in [0, 0.05) is 16.5 Å². The summed E-state index contributed by atoms with van der Waals surface area (Å²) in [5.74, 6) is 0.646. The number of nitrogens with zero attached hydrogens (tertiary/aromatic N) is 1. The van der Waals surface area contributed by atoms with Crippen LogP contribution in [0.3, 0.4) is 0 Å². The van der Waals surface area contributed by atoms with Crippen molar-refractivity contribution in [3.05, 3.63) is 39.8 Å². The van der Waals surface area contributed by atoms with Gasteiger partial charge in [-0.05, 0) is 23.8 Å². The molecule has 1 aromatic rings. The molecule has 2 amide bonds. The number of thiocarbonyl (C=S) groups is 1. The second-order valence-corrected chi connectivity index (χ2v) is 8.79. The summed E-state index contributed by atoms with van der Waals surface area (Å²) in [5.41, 5.74) is 0.795. The van der Waals surface area contributed by atoms with Crippen molar-refractivity contribution in [2.45, 2.75) is 12.1 Å². The van der Waals surface area contributed by atoms with E-state index in [2.05, 4.69) is 5.32 Å². The Morgan fingerprint density at radius 3 is 2.96 bits per heavy atom. The number of aliphatic hydroxyl groups excluding tert-OH is 1. The van der Waals surface area contributed by atoms with Gasteiger partial charge >= 0.3 is 0 Å². The van der Waals surface area contributed by atoms with Crippen LogP contribution in [0, 0.1) is 0 Å². The molecular formula is C16H15ClN2O3S3. The minimum absolute atomic E-state index is 0.147. The quantitative estimate of drug-likeness (QED) is 0.581. The van der Waals surface area contributed by atoms with Gasteiger partial charge < -0.3 is 10.4 Å². The van der Waals surface area contributed by atoms with Gasteiger partial charge in [0.15, 0.2) is 0 Å². The molecule has 2 aliphatic heterocycles. The first kappa shape index (κ1) is 18.7. The average Bonchev–Trinajstić information content (AvgIpc) is 3.06. The van der Waals surface area contributed by atoms with E-state index in [9.17, 15) is 14.7 Å². The molecule has 2 heterocycles. The Morgan fingerprint density at radius 1 is 1.48 bits per heavy atom. The summed E-state index contributed by atoms with van der Waals surface area (Å²) in [6, 6.07) is 6.86. The lowest BCUT2D eigenvalue weighted by atomic mass is 10.2. The van der Waals surface area contributed by atoms with E-state index in [0.29, 0.717) is 25.8 Å². The number of hydrogen-bond donors (Lipinski definition) is 2. The van der Waals surface area contributed by atoms with Crippen LogP contribution in [0.15, 0.2) is 29.2 Å². The van der Waals surface area contributed by atoms with Crippen LogP contribution in [0.2, 0.25) is 5.02 Å². The van der Waals surface area contributed by atoms with Gasteiger partial charge in [-0.15, -0.1) is 0 Å². The maximum Gasteiger partial charge on any atom is 0.266 e. The third-order valence-corrected chi connectivity index (χ3v) is 6.50. The fourth-order valence-electron chi connectivity index (χ4n) is 2.46. The van der Waals surface area contributed by atoms with Gasteiger partial charge in [0.2, 0.25) is 5.91 Å². The van der Waals surface area contributed by atoms with Crippen LogP contribution in [0.25, 0.3) is 6.08 Å². The molecular weight excluding hydrogens is 400 g/mol. The van der Waals surface area contributed by atoms with E-state index in [1.165, 1.54) is 4.90 Å². The van der Waals surface area contributed by atoms with Crippen molar-refractivity contribution in [2.75, 3.05) is 18.1 Å². The molecule has 1 aromatic carbocycles. The number of thioether (sulfide) groups is 2. The van der Waals surface area contributed by atoms with E-state index < -0.39 is 6.10 Å². The van der Waals surface area contributed by atoms with E-state index in [1.54, 1.807) is 36.0 Å². The SMILES string of the molecule is O=C(CN1C(=O)/C(=C\c2cccc(Cl)c2)SC1=S)N[C@H]1CSC[C@H]1O. The monoisotopic (exact) mass is 414 g/mol. The molecule has 2 saturated heterocycles. The zero-order valence-corrected chi connectivity index (χ0v) is 16.2. The third kappa shape index (κ3) is 4.57. The summed E-state index contributed by atoms with van der Waals surface area (Å²) < 4.78 is 0.342. The Balaban J connectivity index is 1.66. The normalized spacial score (nSPS) is 25.0. The Labute approximate surface area is 164 Å². The average molecular weight is 415 g/mol. The van der Waals surface area contributed by atoms with E-state index in [0.717, 1.165) is 17.3 Å². The summed E-state index contributed by atoms with van der Waals surface area (Å²) >= 11 is 13.9. The highest BCUT2D eigenvalue weighted by Gasteiger charge is 2.34. The van der Waals surface area contributed by atoms with Crippen LogP contribution < -0.4 is 5.32 Å².